The van der Waals surface area contributed by atoms with Crippen molar-refractivity contribution in [3.63, 3.8) is 0 Å². The number of para-hydroxylation sites is 1. The van der Waals surface area contributed by atoms with Crippen molar-refractivity contribution in [1.29, 1.82) is 0 Å². The van der Waals surface area contributed by atoms with E-state index < -0.39 is 0 Å². The van der Waals surface area contributed by atoms with E-state index in [2.05, 4.69) is 32.6 Å². The lowest BCUT2D eigenvalue weighted by Gasteiger charge is -2.17. The Labute approximate surface area is 152 Å². The first-order valence-corrected chi connectivity index (χ1v) is 8.93. The molecule has 1 aliphatic rings. The lowest BCUT2D eigenvalue weighted by Crippen LogP contribution is -2.16. The van der Waals surface area contributed by atoms with E-state index in [0.29, 0.717) is 5.95 Å². The molecule has 4 N–H and O–H groups in total. The first kappa shape index (κ1) is 16.5. The van der Waals surface area contributed by atoms with Gasteiger partial charge in [0.05, 0.1) is 23.6 Å². The van der Waals surface area contributed by atoms with Crippen molar-refractivity contribution in [3.8, 4) is 5.69 Å². The summed E-state index contributed by atoms with van der Waals surface area (Å²) < 4.78 is 1.88. The fourth-order valence-electron chi connectivity index (χ4n) is 3.25. The van der Waals surface area contributed by atoms with Gasteiger partial charge in [-0.25, -0.2) is 9.67 Å². The third-order valence-electron chi connectivity index (χ3n) is 4.68. The van der Waals surface area contributed by atoms with Gasteiger partial charge in [-0.2, -0.15) is 10.1 Å². The Morgan fingerprint density at radius 3 is 2.81 bits per heavy atom. The summed E-state index contributed by atoms with van der Waals surface area (Å²) in [6.45, 7) is 3.95. The second kappa shape index (κ2) is 7.13. The van der Waals surface area contributed by atoms with Crippen LogP contribution in [-0.2, 0) is 12.8 Å². The largest absolute Gasteiger partial charge is 0.368 e. The Morgan fingerprint density at radius 2 is 1.96 bits per heavy atom. The molecule has 7 heteroatoms. The predicted molar refractivity (Wildman–Crippen MR) is 102 cm³/mol. The number of benzene rings is 1. The Bertz CT molecular complexity index is 888. The van der Waals surface area contributed by atoms with Gasteiger partial charge in [0.2, 0.25) is 5.95 Å². The summed E-state index contributed by atoms with van der Waals surface area (Å²) in [7, 11) is 0. The van der Waals surface area contributed by atoms with Crippen LogP contribution in [0.25, 0.3) is 5.69 Å². The van der Waals surface area contributed by atoms with E-state index in [-0.39, 0.29) is 6.04 Å². The van der Waals surface area contributed by atoms with Crippen LogP contribution in [0.2, 0.25) is 0 Å². The van der Waals surface area contributed by atoms with Crippen molar-refractivity contribution in [2.75, 3.05) is 24.1 Å². The van der Waals surface area contributed by atoms with E-state index in [1.165, 1.54) is 0 Å². The zero-order chi connectivity index (χ0) is 17.9. The van der Waals surface area contributed by atoms with Gasteiger partial charge in [-0.15, -0.1) is 0 Å². The molecule has 1 aliphatic heterocycles. The molecule has 4 rings (SSSR count). The summed E-state index contributed by atoms with van der Waals surface area (Å²) in [4.78, 5) is 8.89. The van der Waals surface area contributed by atoms with E-state index >= 15 is 0 Å². The van der Waals surface area contributed by atoms with Crippen LogP contribution in [0.5, 0.6) is 0 Å². The smallest absolute Gasteiger partial charge is 0.222 e. The van der Waals surface area contributed by atoms with Gasteiger partial charge in [0.15, 0.2) is 0 Å². The van der Waals surface area contributed by atoms with Crippen molar-refractivity contribution in [2.24, 2.45) is 0 Å². The van der Waals surface area contributed by atoms with Gasteiger partial charge in [-0.05, 0) is 32.0 Å². The van der Waals surface area contributed by atoms with Gasteiger partial charge in [0.1, 0.15) is 5.82 Å². The molecule has 0 bridgehead atoms. The second-order valence-electron chi connectivity index (χ2n) is 6.53. The van der Waals surface area contributed by atoms with Crippen LogP contribution in [-0.4, -0.2) is 32.8 Å². The molecule has 0 saturated heterocycles. The molecule has 0 saturated carbocycles. The van der Waals surface area contributed by atoms with Crippen molar-refractivity contribution in [1.82, 2.24) is 25.1 Å². The SMILES string of the molecule is C[C@@H](Nc1nc(N)nc2c1CCNCC2)c1cnn(-c2ccccc2)c1. The number of nitrogen functional groups attached to an aromatic ring is 1. The van der Waals surface area contributed by atoms with Crippen LogP contribution >= 0.6 is 0 Å². The summed E-state index contributed by atoms with van der Waals surface area (Å²) in [6, 6.07) is 10.1. The Hall–Kier alpha value is -2.93. The van der Waals surface area contributed by atoms with E-state index in [1.54, 1.807) is 0 Å². The van der Waals surface area contributed by atoms with Crippen LogP contribution < -0.4 is 16.4 Å². The molecule has 0 amide bonds. The molecule has 0 unspecified atom stereocenters. The number of hydrogen-bond donors (Lipinski definition) is 3. The lowest BCUT2D eigenvalue weighted by molar-refractivity contribution is 0.708. The van der Waals surface area contributed by atoms with Crippen molar-refractivity contribution >= 4 is 11.8 Å². The summed E-state index contributed by atoms with van der Waals surface area (Å²) >= 11 is 0. The fraction of sp³-hybridized carbons (Fsp3) is 0.316. The van der Waals surface area contributed by atoms with Crippen LogP contribution in [0.3, 0.4) is 0 Å². The highest BCUT2D eigenvalue weighted by atomic mass is 15.3. The number of hydrogen-bond acceptors (Lipinski definition) is 6. The number of fused-ring (bicyclic) bond motifs is 1. The maximum atomic E-state index is 5.93. The summed E-state index contributed by atoms with van der Waals surface area (Å²) in [5.74, 6) is 1.15. The fourth-order valence-corrected chi connectivity index (χ4v) is 3.25. The maximum Gasteiger partial charge on any atom is 0.222 e. The Kier molecular flexibility index (Phi) is 4.53. The molecule has 0 aliphatic carbocycles. The number of rotatable bonds is 4. The number of aromatic nitrogens is 4. The van der Waals surface area contributed by atoms with Crippen LogP contribution in [0, 0.1) is 0 Å². The van der Waals surface area contributed by atoms with Crippen molar-refractivity contribution < 1.29 is 0 Å². The van der Waals surface area contributed by atoms with Gasteiger partial charge >= 0.3 is 0 Å². The maximum absolute atomic E-state index is 5.93. The van der Waals surface area contributed by atoms with Gasteiger partial charge in [0, 0.05) is 30.3 Å². The average molecular weight is 349 g/mol. The molecule has 26 heavy (non-hydrogen) atoms. The normalized spacial score (nSPS) is 15.1. The number of nitrogens with zero attached hydrogens (tertiary/aromatic N) is 4. The molecule has 7 nitrogen and oxygen atoms in total. The zero-order valence-electron chi connectivity index (χ0n) is 14.8. The van der Waals surface area contributed by atoms with E-state index in [4.69, 9.17) is 5.73 Å². The lowest BCUT2D eigenvalue weighted by atomic mass is 10.1. The minimum absolute atomic E-state index is 0.0575. The quantitative estimate of drug-likeness (QED) is 0.668. The molecular formula is C19H23N7. The number of nitrogens with one attached hydrogen (secondary N) is 2. The zero-order valence-corrected chi connectivity index (χ0v) is 14.8. The summed E-state index contributed by atoms with van der Waals surface area (Å²) in [5.41, 5.74) is 10.3. The highest BCUT2D eigenvalue weighted by Gasteiger charge is 2.18. The van der Waals surface area contributed by atoms with E-state index in [1.807, 2.05) is 47.4 Å². The van der Waals surface area contributed by atoms with Gasteiger partial charge in [-0.1, -0.05) is 18.2 Å². The first-order valence-electron chi connectivity index (χ1n) is 8.93. The molecule has 2 aromatic heterocycles. The van der Waals surface area contributed by atoms with Gasteiger partial charge in [-0.3, -0.25) is 0 Å². The number of anilines is 2. The number of nitrogens with two attached hydrogens (primary N) is 1. The standard InChI is InChI=1S/C19H23N7/c1-13(14-11-22-26(12-14)15-5-3-2-4-6-15)23-18-16-7-9-21-10-8-17(16)24-19(20)25-18/h2-6,11-13,21H,7-10H2,1H3,(H3,20,23,24,25)/t13-/m1/s1. The molecule has 0 spiro atoms. The van der Waals surface area contributed by atoms with Crippen molar-refractivity contribution in [3.05, 3.63) is 59.5 Å². The second-order valence-corrected chi connectivity index (χ2v) is 6.53. The third kappa shape index (κ3) is 3.39. The highest BCUT2D eigenvalue weighted by Crippen LogP contribution is 2.25. The molecule has 0 radical (unpaired) electrons. The third-order valence-corrected chi connectivity index (χ3v) is 4.68. The van der Waals surface area contributed by atoms with Crippen LogP contribution in [0.15, 0.2) is 42.7 Å². The summed E-state index contributed by atoms with van der Waals surface area (Å²) in [6.07, 6.45) is 5.69. The molecule has 1 aromatic carbocycles. The molecule has 3 aromatic rings. The monoisotopic (exact) mass is 349 g/mol. The average Bonchev–Trinajstić information content (AvgIpc) is 3.03. The first-order chi connectivity index (χ1) is 12.7. The Balaban J connectivity index is 1.58. The molecule has 134 valence electrons. The molecule has 0 fully saturated rings. The minimum Gasteiger partial charge on any atom is -0.368 e. The molecular weight excluding hydrogens is 326 g/mol. The molecule has 1 atom stereocenters. The highest BCUT2D eigenvalue weighted by molar-refractivity contribution is 5.51. The Morgan fingerprint density at radius 1 is 1.15 bits per heavy atom. The summed E-state index contributed by atoms with van der Waals surface area (Å²) in [5, 5.41) is 11.4. The van der Waals surface area contributed by atoms with Crippen LogP contribution in [0.1, 0.15) is 29.8 Å². The van der Waals surface area contributed by atoms with E-state index in [0.717, 1.165) is 54.3 Å². The van der Waals surface area contributed by atoms with Gasteiger partial charge in [0.25, 0.3) is 0 Å². The minimum atomic E-state index is 0.0575. The predicted octanol–water partition coefficient (Wildman–Crippen LogP) is 2.11. The molecule has 3 heterocycles. The van der Waals surface area contributed by atoms with Gasteiger partial charge < -0.3 is 16.4 Å². The van der Waals surface area contributed by atoms with E-state index in [9.17, 15) is 0 Å². The van der Waals surface area contributed by atoms with Crippen molar-refractivity contribution in [2.45, 2.75) is 25.8 Å². The van der Waals surface area contributed by atoms with Crippen LogP contribution in [0.4, 0.5) is 11.8 Å². The topological polar surface area (TPSA) is 93.7 Å².